The SMILES string of the molecule is Cl.NCCc1ccc(OCCc2ccccc2)cc1. The molecule has 2 aromatic rings. The maximum atomic E-state index is 5.71. The number of hydrogen-bond acceptors (Lipinski definition) is 2. The van der Waals surface area contributed by atoms with Crippen molar-refractivity contribution in [2.45, 2.75) is 12.8 Å². The van der Waals surface area contributed by atoms with Crippen molar-refractivity contribution in [2.24, 2.45) is 5.73 Å². The molecule has 0 aromatic heterocycles. The lowest BCUT2D eigenvalue weighted by atomic mass is 10.1. The van der Waals surface area contributed by atoms with Gasteiger partial charge >= 0.3 is 0 Å². The van der Waals surface area contributed by atoms with Crippen LogP contribution in [0.3, 0.4) is 0 Å². The number of halogens is 1. The highest BCUT2D eigenvalue weighted by Gasteiger charge is 1.96. The van der Waals surface area contributed by atoms with E-state index in [4.69, 9.17) is 10.5 Å². The van der Waals surface area contributed by atoms with Gasteiger partial charge in [0.1, 0.15) is 5.75 Å². The van der Waals surface area contributed by atoms with E-state index >= 15 is 0 Å². The van der Waals surface area contributed by atoms with Crippen LogP contribution in [0.25, 0.3) is 0 Å². The minimum atomic E-state index is 0. The van der Waals surface area contributed by atoms with Crippen LogP contribution in [0.2, 0.25) is 0 Å². The van der Waals surface area contributed by atoms with Crippen molar-refractivity contribution >= 4 is 12.4 Å². The highest BCUT2D eigenvalue weighted by molar-refractivity contribution is 5.85. The van der Waals surface area contributed by atoms with E-state index in [-0.39, 0.29) is 12.4 Å². The molecule has 2 aromatic carbocycles. The van der Waals surface area contributed by atoms with Crippen molar-refractivity contribution in [1.82, 2.24) is 0 Å². The first-order chi connectivity index (χ1) is 8.88. The molecule has 0 saturated carbocycles. The summed E-state index contributed by atoms with van der Waals surface area (Å²) in [5, 5.41) is 0. The third kappa shape index (κ3) is 5.33. The minimum Gasteiger partial charge on any atom is -0.493 e. The molecule has 0 aliphatic heterocycles. The summed E-state index contributed by atoms with van der Waals surface area (Å²) in [7, 11) is 0. The fourth-order valence-electron chi connectivity index (χ4n) is 1.85. The Morgan fingerprint density at radius 2 is 1.42 bits per heavy atom. The maximum Gasteiger partial charge on any atom is 0.119 e. The van der Waals surface area contributed by atoms with E-state index in [1.807, 2.05) is 18.2 Å². The van der Waals surface area contributed by atoms with Crippen LogP contribution in [0.1, 0.15) is 11.1 Å². The predicted molar refractivity (Wildman–Crippen MR) is 82.1 cm³/mol. The van der Waals surface area contributed by atoms with E-state index in [0.29, 0.717) is 13.2 Å². The molecule has 0 radical (unpaired) electrons. The molecule has 0 aliphatic rings. The van der Waals surface area contributed by atoms with Crippen molar-refractivity contribution in [1.29, 1.82) is 0 Å². The molecule has 0 aliphatic carbocycles. The summed E-state index contributed by atoms with van der Waals surface area (Å²) in [4.78, 5) is 0. The second-order valence-corrected chi connectivity index (χ2v) is 4.27. The molecule has 0 spiro atoms. The van der Waals surface area contributed by atoms with Crippen molar-refractivity contribution in [3.63, 3.8) is 0 Å². The van der Waals surface area contributed by atoms with Gasteiger partial charge in [-0.1, -0.05) is 42.5 Å². The van der Waals surface area contributed by atoms with Crippen molar-refractivity contribution in [2.75, 3.05) is 13.2 Å². The molecule has 0 saturated heterocycles. The minimum absolute atomic E-state index is 0. The monoisotopic (exact) mass is 277 g/mol. The zero-order chi connectivity index (χ0) is 12.6. The number of nitrogens with two attached hydrogens (primary N) is 1. The van der Waals surface area contributed by atoms with Crippen molar-refractivity contribution < 1.29 is 4.74 Å². The molecule has 0 bridgehead atoms. The third-order valence-electron chi connectivity index (χ3n) is 2.86. The average Bonchev–Trinajstić information content (AvgIpc) is 2.42. The van der Waals surface area contributed by atoms with E-state index in [0.717, 1.165) is 18.6 Å². The van der Waals surface area contributed by atoms with E-state index in [9.17, 15) is 0 Å². The van der Waals surface area contributed by atoms with E-state index in [2.05, 4.69) is 36.4 Å². The molecule has 0 amide bonds. The molecule has 3 heteroatoms. The maximum absolute atomic E-state index is 5.71. The van der Waals surface area contributed by atoms with E-state index in [1.54, 1.807) is 0 Å². The van der Waals surface area contributed by atoms with Gasteiger partial charge in [-0.3, -0.25) is 0 Å². The number of ether oxygens (including phenoxy) is 1. The first kappa shape index (κ1) is 15.5. The van der Waals surface area contributed by atoms with Gasteiger partial charge in [-0.05, 0) is 36.2 Å². The molecule has 0 unspecified atom stereocenters. The van der Waals surface area contributed by atoms with Crippen LogP contribution in [0.15, 0.2) is 54.6 Å². The second kappa shape index (κ2) is 8.57. The van der Waals surface area contributed by atoms with Gasteiger partial charge in [-0.25, -0.2) is 0 Å². The second-order valence-electron chi connectivity index (χ2n) is 4.27. The van der Waals surface area contributed by atoms with Gasteiger partial charge in [0.25, 0.3) is 0 Å². The van der Waals surface area contributed by atoms with E-state index in [1.165, 1.54) is 11.1 Å². The van der Waals surface area contributed by atoms with E-state index < -0.39 is 0 Å². The highest BCUT2D eigenvalue weighted by atomic mass is 35.5. The van der Waals surface area contributed by atoms with Gasteiger partial charge in [0, 0.05) is 6.42 Å². The Morgan fingerprint density at radius 1 is 0.789 bits per heavy atom. The van der Waals surface area contributed by atoms with Crippen LogP contribution in [0.5, 0.6) is 5.75 Å². The number of hydrogen-bond donors (Lipinski definition) is 1. The molecule has 19 heavy (non-hydrogen) atoms. The number of rotatable bonds is 6. The lowest BCUT2D eigenvalue weighted by Crippen LogP contribution is -2.03. The molecule has 0 heterocycles. The summed E-state index contributed by atoms with van der Waals surface area (Å²) < 4.78 is 5.71. The Hall–Kier alpha value is -1.51. The predicted octanol–water partition coefficient (Wildman–Crippen LogP) is 3.23. The van der Waals surface area contributed by atoms with Gasteiger partial charge < -0.3 is 10.5 Å². The molecule has 0 fully saturated rings. The molecule has 2 rings (SSSR count). The van der Waals surface area contributed by atoms with Crippen LogP contribution in [-0.2, 0) is 12.8 Å². The quantitative estimate of drug-likeness (QED) is 0.880. The normalized spacial score (nSPS) is 9.74. The Bertz CT molecular complexity index is 456. The summed E-state index contributed by atoms with van der Waals surface area (Å²) in [5.41, 5.74) is 8.07. The molecular formula is C16H20ClNO. The summed E-state index contributed by atoms with van der Waals surface area (Å²) in [6.45, 7) is 1.40. The molecular weight excluding hydrogens is 258 g/mol. The fourth-order valence-corrected chi connectivity index (χ4v) is 1.85. The van der Waals surface area contributed by atoms with Gasteiger partial charge in [0.15, 0.2) is 0 Å². The smallest absolute Gasteiger partial charge is 0.119 e. The summed E-state index contributed by atoms with van der Waals surface area (Å²) in [6, 6.07) is 18.5. The highest BCUT2D eigenvalue weighted by Crippen LogP contribution is 2.13. The van der Waals surface area contributed by atoms with Crippen molar-refractivity contribution in [3.8, 4) is 5.75 Å². The Balaban J connectivity index is 0.00000180. The van der Waals surface area contributed by atoms with Gasteiger partial charge in [0.2, 0.25) is 0 Å². The molecule has 0 atom stereocenters. The molecule has 2 N–H and O–H groups in total. The summed E-state index contributed by atoms with van der Waals surface area (Å²) in [5.74, 6) is 0.923. The largest absolute Gasteiger partial charge is 0.493 e. The van der Waals surface area contributed by atoms with Crippen LogP contribution in [-0.4, -0.2) is 13.2 Å². The Labute approximate surface area is 121 Å². The standard InChI is InChI=1S/C16H19NO.ClH/c17-12-10-15-6-8-16(9-7-15)18-13-11-14-4-2-1-3-5-14;/h1-9H,10-13,17H2;1H. The Morgan fingerprint density at radius 3 is 2.05 bits per heavy atom. The van der Waals surface area contributed by atoms with Gasteiger partial charge in [0.05, 0.1) is 6.61 Å². The van der Waals surface area contributed by atoms with Crippen LogP contribution < -0.4 is 10.5 Å². The van der Waals surface area contributed by atoms with Crippen molar-refractivity contribution in [3.05, 3.63) is 65.7 Å². The summed E-state index contributed by atoms with van der Waals surface area (Å²) in [6.07, 6.45) is 1.86. The average molecular weight is 278 g/mol. The zero-order valence-corrected chi connectivity index (χ0v) is 11.7. The lowest BCUT2D eigenvalue weighted by Gasteiger charge is -2.07. The molecule has 2 nitrogen and oxygen atoms in total. The molecule has 102 valence electrons. The number of benzene rings is 2. The van der Waals surface area contributed by atoms with Crippen LogP contribution in [0, 0.1) is 0 Å². The first-order valence-electron chi connectivity index (χ1n) is 6.34. The van der Waals surface area contributed by atoms with Crippen LogP contribution >= 0.6 is 12.4 Å². The fraction of sp³-hybridized carbons (Fsp3) is 0.250. The Kier molecular flexibility index (Phi) is 7.01. The zero-order valence-electron chi connectivity index (χ0n) is 10.9. The lowest BCUT2D eigenvalue weighted by molar-refractivity contribution is 0.322. The first-order valence-corrected chi connectivity index (χ1v) is 6.34. The van der Waals surface area contributed by atoms with Gasteiger partial charge in [-0.2, -0.15) is 0 Å². The van der Waals surface area contributed by atoms with Crippen LogP contribution in [0.4, 0.5) is 0 Å². The van der Waals surface area contributed by atoms with Gasteiger partial charge in [-0.15, -0.1) is 12.4 Å². The topological polar surface area (TPSA) is 35.2 Å². The summed E-state index contributed by atoms with van der Waals surface area (Å²) >= 11 is 0. The third-order valence-corrected chi connectivity index (χ3v) is 2.86.